The van der Waals surface area contributed by atoms with Gasteiger partial charge in [0.1, 0.15) is 11.8 Å². The van der Waals surface area contributed by atoms with Gasteiger partial charge in [0.25, 0.3) is 0 Å². The molecule has 0 N–H and O–H groups in total. The monoisotopic (exact) mass is 228 g/mol. The second-order valence-electron chi connectivity index (χ2n) is 4.92. The van der Waals surface area contributed by atoms with E-state index in [0.29, 0.717) is 12.3 Å². The van der Waals surface area contributed by atoms with Crippen molar-refractivity contribution in [1.82, 2.24) is 0 Å². The number of furan rings is 1. The molecule has 2 aromatic rings. The summed E-state index contributed by atoms with van der Waals surface area (Å²) in [6.07, 6.45) is 7.28. The highest BCUT2D eigenvalue weighted by atomic mass is 16.3. The van der Waals surface area contributed by atoms with Crippen LogP contribution in [0.4, 0.5) is 0 Å². The van der Waals surface area contributed by atoms with Gasteiger partial charge in [-0.2, -0.15) is 0 Å². The summed E-state index contributed by atoms with van der Waals surface area (Å²) in [6, 6.07) is 7.74. The van der Waals surface area contributed by atoms with Gasteiger partial charge in [-0.05, 0) is 12.0 Å². The standard InChI is InChI=1S/C15H16O2/c16-14(9-11-5-1-2-6-11)13-10-17-15-8-4-3-7-12(13)15/h3-4,7-8,10-11H,1-2,5-6,9H2. The van der Waals surface area contributed by atoms with Crippen LogP contribution in [0.25, 0.3) is 11.0 Å². The lowest BCUT2D eigenvalue weighted by atomic mass is 9.97. The number of para-hydroxylation sites is 1. The van der Waals surface area contributed by atoms with Crippen LogP contribution < -0.4 is 0 Å². The minimum Gasteiger partial charge on any atom is -0.464 e. The summed E-state index contributed by atoms with van der Waals surface area (Å²) < 4.78 is 5.41. The summed E-state index contributed by atoms with van der Waals surface area (Å²) in [5.41, 5.74) is 1.56. The Labute approximate surface area is 101 Å². The zero-order chi connectivity index (χ0) is 11.7. The summed E-state index contributed by atoms with van der Waals surface area (Å²) in [6.45, 7) is 0. The van der Waals surface area contributed by atoms with E-state index in [2.05, 4.69) is 0 Å². The molecule has 1 aromatic carbocycles. The molecule has 0 unspecified atom stereocenters. The van der Waals surface area contributed by atoms with Crippen LogP contribution in [0.1, 0.15) is 42.5 Å². The van der Waals surface area contributed by atoms with Crippen LogP contribution in [0.3, 0.4) is 0 Å². The Bertz CT molecular complexity index is 533. The quantitative estimate of drug-likeness (QED) is 0.737. The summed E-state index contributed by atoms with van der Waals surface area (Å²) in [5.74, 6) is 0.831. The van der Waals surface area contributed by atoms with Crippen LogP contribution in [-0.2, 0) is 0 Å². The molecule has 88 valence electrons. The largest absolute Gasteiger partial charge is 0.464 e. The van der Waals surface area contributed by atoms with E-state index in [1.807, 2.05) is 24.3 Å². The Morgan fingerprint density at radius 1 is 1.24 bits per heavy atom. The van der Waals surface area contributed by atoms with Crippen molar-refractivity contribution in [2.45, 2.75) is 32.1 Å². The van der Waals surface area contributed by atoms with Gasteiger partial charge in [-0.15, -0.1) is 0 Å². The molecule has 1 heterocycles. The van der Waals surface area contributed by atoms with Crippen molar-refractivity contribution in [2.75, 3.05) is 0 Å². The second-order valence-corrected chi connectivity index (χ2v) is 4.92. The van der Waals surface area contributed by atoms with Gasteiger partial charge in [-0.3, -0.25) is 4.79 Å². The van der Waals surface area contributed by atoms with Gasteiger partial charge >= 0.3 is 0 Å². The SMILES string of the molecule is O=C(CC1CCCC1)c1coc2ccccc12. The zero-order valence-corrected chi connectivity index (χ0v) is 9.82. The summed E-state index contributed by atoms with van der Waals surface area (Å²) in [4.78, 5) is 12.2. The number of carbonyl (C=O) groups is 1. The predicted molar refractivity (Wildman–Crippen MR) is 67.1 cm³/mol. The molecule has 0 spiro atoms. The van der Waals surface area contributed by atoms with Crippen LogP contribution in [-0.4, -0.2) is 5.78 Å². The van der Waals surface area contributed by atoms with Crippen molar-refractivity contribution in [3.05, 3.63) is 36.1 Å². The summed E-state index contributed by atoms with van der Waals surface area (Å²) in [5, 5.41) is 0.954. The molecule has 1 aliphatic carbocycles. The van der Waals surface area contributed by atoms with Crippen LogP contribution in [0.15, 0.2) is 34.9 Å². The van der Waals surface area contributed by atoms with E-state index in [4.69, 9.17) is 4.42 Å². The highest BCUT2D eigenvalue weighted by molar-refractivity contribution is 6.07. The minimum atomic E-state index is 0.238. The molecule has 1 saturated carbocycles. The molecule has 0 radical (unpaired) electrons. The predicted octanol–water partition coefficient (Wildman–Crippen LogP) is 4.20. The topological polar surface area (TPSA) is 30.2 Å². The van der Waals surface area contributed by atoms with E-state index in [1.54, 1.807) is 6.26 Å². The van der Waals surface area contributed by atoms with E-state index < -0.39 is 0 Å². The van der Waals surface area contributed by atoms with Crippen LogP contribution >= 0.6 is 0 Å². The molecule has 0 amide bonds. The van der Waals surface area contributed by atoms with Crippen molar-refractivity contribution in [1.29, 1.82) is 0 Å². The minimum absolute atomic E-state index is 0.238. The average Bonchev–Trinajstić information content (AvgIpc) is 2.96. The Hall–Kier alpha value is -1.57. The first kappa shape index (κ1) is 10.6. The number of fused-ring (bicyclic) bond motifs is 1. The normalized spacial score (nSPS) is 16.7. The van der Waals surface area contributed by atoms with Crippen molar-refractivity contribution in [2.24, 2.45) is 5.92 Å². The van der Waals surface area contributed by atoms with Gasteiger partial charge in [-0.25, -0.2) is 0 Å². The molecular weight excluding hydrogens is 212 g/mol. The van der Waals surface area contributed by atoms with Crippen molar-refractivity contribution in [3.63, 3.8) is 0 Å². The number of benzene rings is 1. The Morgan fingerprint density at radius 3 is 2.82 bits per heavy atom. The molecule has 1 aromatic heterocycles. The first-order valence-electron chi connectivity index (χ1n) is 6.34. The molecule has 17 heavy (non-hydrogen) atoms. The lowest BCUT2D eigenvalue weighted by Gasteiger charge is -2.06. The van der Waals surface area contributed by atoms with Crippen LogP contribution in [0.5, 0.6) is 0 Å². The third-order valence-corrected chi connectivity index (χ3v) is 3.73. The fourth-order valence-corrected chi connectivity index (χ4v) is 2.78. The van der Waals surface area contributed by atoms with E-state index in [0.717, 1.165) is 16.5 Å². The summed E-state index contributed by atoms with van der Waals surface area (Å²) in [7, 11) is 0. The number of carbonyl (C=O) groups excluding carboxylic acids is 1. The van der Waals surface area contributed by atoms with Crippen LogP contribution in [0.2, 0.25) is 0 Å². The number of hydrogen-bond acceptors (Lipinski definition) is 2. The molecule has 1 fully saturated rings. The zero-order valence-electron chi connectivity index (χ0n) is 9.82. The first-order valence-corrected chi connectivity index (χ1v) is 6.34. The maximum absolute atomic E-state index is 12.2. The number of Topliss-reactive ketones (excluding diaryl/α,β-unsaturated/α-hetero) is 1. The first-order chi connectivity index (χ1) is 8.34. The highest BCUT2D eigenvalue weighted by Gasteiger charge is 2.21. The molecule has 0 bridgehead atoms. The van der Waals surface area contributed by atoms with Gasteiger partial charge in [0.05, 0.1) is 5.56 Å². The van der Waals surface area contributed by atoms with Gasteiger partial charge in [-0.1, -0.05) is 43.9 Å². The Morgan fingerprint density at radius 2 is 2.00 bits per heavy atom. The van der Waals surface area contributed by atoms with Crippen molar-refractivity contribution < 1.29 is 9.21 Å². The molecule has 1 aliphatic rings. The maximum atomic E-state index is 12.2. The fourth-order valence-electron chi connectivity index (χ4n) is 2.78. The molecule has 0 aliphatic heterocycles. The molecule has 2 heteroatoms. The lowest BCUT2D eigenvalue weighted by Crippen LogP contribution is -2.05. The van der Waals surface area contributed by atoms with E-state index >= 15 is 0 Å². The Balaban J connectivity index is 1.85. The molecule has 3 rings (SSSR count). The third kappa shape index (κ3) is 1.99. The maximum Gasteiger partial charge on any atom is 0.167 e. The van der Waals surface area contributed by atoms with Gasteiger partial charge in [0.2, 0.25) is 0 Å². The highest BCUT2D eigenvalue weighted by Crippen LogP contribution is 2.30. The summed E-state index contributed by atoms with van der Waals surface area (Å²) >= 11 is 0. The fraction of sp³-hybridized carbons (Fsp3) is 0.400. The van der Waals surface area contributed by atoms with Gasteiger partial charge < -0.3 is 4.42 Å². The van der Waals surface area contributed by atoms with E-state index in [1.165, 1.54) is 25.7 Å². The van der Waals surface area contributed by atoms with Crippen LogP contribution in [0, 0.1) is 5.92 Å². The molecule has 0 atom stereocenters. The molecular formula is C15H16O2. The van der Waals surface area contributed by atoms with E-state index in [-0.39, 0.29) is 5.78 Å². The van der Waals surface area contributed by atoms with Crippen molar-refractivity contribution >= 4 is 16.8 Å². The number of hydrogen-bond donors (Lipinski definition) is 0. The second kappa shape index (κ2) is 4.36. The smallest absolute Gasteiger partial charge is 0.167 e. The molecule has 2 nitrogen and oxygen atoms in total. The number of rotatable bonds is 3. The number of ketones is 1. The van der Waals surface area contributed by atoms with Gasteiger partial charge in [0, 0.05) is 11.8 Å². The van der Waals surface area contributed by atoms with Crippen molar-refractivity contribution in [3.8, 4) is 0 Å². The van der Waals surface area contributed by atoms with E-state index in [9.17, 15) is 4.79 Å². The third-order valence-electron chi connectivity index (χ3n) is 3.73. The lowest BCUT2D eigenvalue weighted by molar-refractivity contribution is 0.0963. The van der Waals surface area contributed by atoms with Gasteiger partial charge in [0.15, 0.2) is 5.78 Å². The Kier molecular flexibility index (Phi) is 2.71. The average molecular weight is 228 g/mol. The molecule has 0 saturated heterocycles.